The molecule has 4 rings (SSSR count). The van der Waals surface area contributed by atoms with Crippen LogP contribution in [0.5, 0.6) is 0 Å². The van der Waals surface area contributed by atoms with Gasteiger partial charge in [-0.1, -0.05) is 35.9 Å². The zero-order valence-corrected chi connectivity index (χ0v) is 24.2. The summed E-state index contributed by atoms with van der Waals surface area (Å²) in [4.78, 5) is 33.5. The van der Waals surface area contributed by atoms with Gasteiger partial charge in [-0.15, -0.1) is 0 Å². The van der Waals surface area contributed by atoms with Gasteiger partial charge in [0.15, 0.2) is 0 Å². The predicted molar refractivity (Wildman–Crippen MR) is 155 cm³/mol. The van der Waals surface area contributed by atoms with Gasteiger partial charge >= 0.3 is 0 Å². The molecule has 0 spiro atoms. The third kappa shape index (κ3) is 7.09. The van der Waals surface area contributed by atoms with Crippen molar-refractivity contribution in [3.8, 4) is 6.07 Å². The quantitative estimate of drug-likeness (QED) is 0.328. The van der Waals surface area contributed by atoms with Crippen LogP contribution in [-0.2, 0) is 19.6 Å². The molecule has 1 aliphatic heterocycles. The predicted octanol–water partition coefficient (Wildman–Crippen LogP) is 4.63. The Morgan fingerprint density at radius 2 is 1.84 bits per heavy atom. The number of hydrogen-bond donors (Lipinski definition) is 1. The first-order valence-corrected chi connectivity index (χ1v) is 15.2. The molecule has 14 heteroatoms. The first kappa shape index (κ1) is 31.8. The van der Waals surface area contributed by atoms with Gasteiger partial charge in [0.2, 0.25) is 15.9 Å². The van der Waals surface area contributed by atoms with Crippen LogP contribution in [0.3, 0.4) is 0 Å². The van der Waals surface area contributed by atoms with E-state index in [1.54, 1.807) is 12.1 Å². The van der Waals surface area contributed by atoms with Gasteiger partial charge in [0.1, 0.15) is 23.7 Å². The Kier molecular flexibility index (Phi) is 10.3. The van der Waals surface area contributed by atoms with Crippen LogP contribution in [0, 0.1) is 17.1 Å². The van der Waals surface area contributed by atoms with E-state index in [1.165, 1.54) is 42.6 Å². The van der Waals surface area contributed by atoms with E-state index in [2.05, 4.69) is 10.3 Å². The summed E-state index contributed by atoms with van der Waals surface area (Å²) in [5.41, 5.74) is 0.108. The highest BCUT2D eigenvalue weighted by atomic mass is 35.5. The maximum atomic E-state index is 14.6. The number of nitrogens with zero attached hydrogens (tertiary/aromatic N) is 4. The molecule has 1 saturated heterocycles. The van der Waals surface area contributed by atoms with Crippen LogP contribution in [0.4, 0.5) is 24.7 Å². The Morgan fingerprint density at radius 3 is 2.49 bits per heavy atom. The molecule has 0 aliphatic carbocycles. The van der Waals surface area contributed by atoms with E-state index in [-0.39, 0.29) is 46.9 Å². The lowest BCUT2D eigenvalue weighted by molar-refractivity contribution is -0.127. The van der Waals surface area contributed by atoms with Crippen molar-refractivity contribution in [1.29, 1.82) is 5.26 Å². The average molecular weight is 634 g/mol. The van der Waals surface area contributed by atoms with Gasteiger partial charge in [0.25, 0.3) is 5.91 Å². The van der Waals surface area contributed by atoms with E-state index in [1.807, 2.05) is 6.07 Å². The molecule has 0 bridgehead atoms. The number of pyridine rings is 1. The molecule has 2 atom stereocenters. The molecule has 9 nitrogen and oxygen atoms in total. The van der Waals surface area contributed by atoms with Gasteiger partial charge in [0, 0.05) is 28.5 Å². The average Bonchev–Trinajstić information content (AvgIpc) is 3.31. The number of carbonyl (C=O) groups is 2. The first-order valence-electron chi connectivity index (χ1n) is 13.2. The molecule has 1 N–H and O–H groups in total. The fraction of sp³-hybridized carbons (Fsp3) is 0.310. The summed E-state index contributed by atoms with van der Waals surface area (Å²) in [6.45, 7) is -1.70. The number of carbonyl (C=O) groups excluding carboxylic acids is 2. The lowest BCUT2D eigenvalue weighted by atomic mass is 10.00. The Bertz CT molecular complexity index is 1630. The Balaban J connectivity index is 1.89. The molecule has 0 saturated carbocycles. The number of rotatable bonds is 11. The van der Waals surface area contributed by atoms with Crippen molar-refractivity contribution in [1.82, 2.24) is 10.3 Å². The van der Waals surface area contributed by atoms with Crippen molar-refractivity contribution in [2.24, 2.45) is 0 Å². The molecule has 1 aromatic heterocycles. The molecule has 0 unspecified atom stereocenters. The maximum absolute atomic E-state index is 14.6. The third-order valence-electron chi connectivity index (χ3n) is 6.91. The van der Waals surface area contributed by atoms with Gasteiger partial charge < -0.3 is 5.32 Å². The van der Waals surface area contributed by atoms with Crippen LogP contribution in [0.15, 0.2) is 66.9 Å². The Morgan fingerprint density at radius 1 is 1.12 bits per heavy atom. The van der Waals surface area contributed by atoms with Crippen molar-refractivity contribution in [2.75, 3.05) is 28.3 Å². The summed E-state index contributed by atoms with van der Waals surface area (Å²) in [7, 11) is -4.11. The molecular weight excluding hydrogens is 607 g/mol. The van der Waals surface area contributed by atoms with E-state index in [9.17, 15) is 36.4 Å². The highest BCUT2D eigenvalue weighted by Crippen LogP contribution is 2.37. The van der Waals surface area contributed by atoms with Crippen LogP contribution in [0.2, 0.25) is 5.02 Å². The topological polar surface area (TPSA) is 123 Å². The molecule has 0 radical (unpaired) electrons. The van der Waals surface area contributed by atoms with Gasteiger partial charge in [-0.2, -0.15) is 5.26 Å². The fourth-order valence-corrected chi connectivity index (χ4v) is 6.85. The molecule has 2 heterocycles. The fourth-order valence-electron chi connectivity index (χ4n) is 4.92. The number of amides is 2. The van der Waals surface area contributed by atoms with Crippen molar-refractivity contribution < 1.29 is 31.2 Å². The van der Waals surface area contributed by atoms with E-state index >= 15 is 0 Å². The number of anilines is 2. The lowest BCUT2D eigenvalue weighted by Gasteiger charge is -2.36. The number of nitrogens with one attached hydrogen (secondary N) is 1. The summed E-state index contributed by atoms with van der Waals surface area (Å²) < 4.78 is 68.3. The molecule has 226 valence electrons. The normalized spacial score (nSPS) is 16.5. The largest absolute Gasteiger partial charge is 0.351 e. The van der Waals surface area contributed by atoms with E-state index < -0.39 is 64.9 Å². The van der Waals surface area contributed by atoms with Crippen molar-refractivity contribution in [3.63, 3.8) is 0 Å². The van der Waals surface area contributed by atoms with Crippen molar-refractivity contribution >= 4 is 44.9 Å². The summed E-state index contributed by atoms with van der Waals surface area (Å²) in [5, 5.41) is 12.0. The number of benzene rings is 2. The van der Waals surface area contributed by atoms with Gasteiger partial charge in [-0.25, -0.2) is 22.1 Å². The van der Waals surface area contributed by atoms with Gasteiger partial charge in [-0.3, -0.25) is 23.3 Å². The number of hydrogen-bond acceptors (Lipinski definition) is 6. The minimum Gasteiger partial charge on any atom is -0.351 e. The SMILES string of the molecule is N#Cc1ccnc(N2[C@H](C(=O)N(c3cccc(F)c3)[C@H](C(=O)NC(CCF)CCF)c3ccccc3Cl)CCS2(=O)=O)c1. The van der Waals surface area contributed by atoms with E-state index in [0.717, 1.165) is 21.3 Å². The van der Waals surface area contributed by atoms with Gasteiger partial charge in [0.05, 0.1) is 30.7 Å². The van der Waals surface area contributed by atoms with Crippen molar-refractivity contribution in [3.05, 3.63) is 88.8 Å². The Hall–Kier alpha value is -4.15. The number of alkyl halides is 2. The van der Waals surface area contributed by atoms with E-state index in [0.29, 0.717) is 0 Å². The second-order valence-corrected chi connectivity index (χ2v) is 12.1. The third-order valence-corrected chi connectivity index (χ3v) is 9.05. The second kappa shape index (κ2) is 13.9. The van der Waals surface area contributed by atoms with E-state index in [4.69, 9.17) is 11.6 Å². The van der Waals surface area contributed by atoms with Crippen molar-refractivity contribution in [2.45, 2.75) is 37.4 Å². The molecule has 43 heavy (non-hydrogen) atoms. The Labute approximate surface area is 251 Å². The summed E-state index contributed by atoms with van der Waals surface area (Å²) in [6.07, 6.45) is 0.612. The highest BCUT2D eigenvalue weighted by Gasteiger charge is 2.47. The van der Waals surface area contributed by atoms with Crippen LogP contribution in [0.25, 0.3) is 0 Å². The second-order valence-electron chi connectivity index (χ2n) is 9.70. The summed E-state index contributed by atoms with van der Waals surface area (Å²) in [6, 6.07) is 11.4. The number of halogens is 4. The first-order chi connectivity index (χ1) is 20.6. The molecule has 1 fully saturated rings. The zero-order chi connectivity index (χ0) is 31.1. The maximum Gasteiger partial charge on any atom is 0.252 e. The van der Waals surface area contributed by atoms with Crippen LogP contribution in [-0.4, -0.2) is 56.4 Å². The lowest BCUT2D eigenvalue weighted by Crippen LogP contribution is -2.53. The molecular formula is C29H27ClF3N5O4S. The summed E-state index contributed by atoms with van der Waals surface area (Å²) in [5.74, 6) is -3.16. The number of sulfonamides is 1. The van der Waals surface area contributed by atoms with Gasteiger partial charge in [-0.05, 0) is 55.7 Å². The zero-order valence-electron chi connectivity index (χ0n) is 22.7. The van der Waals surface area contributed by atoms with Crippen LogP contribution < -0.4 is 14.5 Å². The smallest absolute Gasteiger partial charge is 0.252 e. The standard InChI is InChI=1S/C29H27ClF3N5O4S/c30-24-7-2-1-6-23(24)27(28(39)36-21(8-12-31)9-13-32)37(22-5-3-4-20(33)17-22)29(40)25-11-15-43(41,42)38(25)26-16-19(18-34)10-14-35-26/h1-7,10,14,16-17,21,25,27H,8-9,11-13,15H2,(H,36,39)/t25-,27-/m0/s1. The minimum atomic E-state index is -4.11. The monoisotopic (exact) mass is 633 g/mol. The number of aromatic nitrogens is 1. The molecule has 2 aromatic carbocycles. The van der Waals surface area contributed by atoms with Crippen LogP contribution in [0.1, 0.15) is 36.4 Å². The molecule has 2 amide bonds. The molecule has 3 aromatic rings. The van der Waals surface area contributed by atoms with Crippen LogP contribution >= 0.6 is 11.6 Å². The highest BCUT2D eigenvalue weighted by molar-refractivity contribution is 7.93. The summed E-state index contributed by atoms with van der Waals surface area (Å²) >= 11 is 6.49. The number of nitriles is 1. The molecule has 1 aliphatic rings. The minimum absolute atomic E-state index is 0.0590.